The number of hydrogen-bond donors (Lipinski definition) is 0. The number of nitrogens with zero attached hydrogens (tertiary/aromatic N) is 1. The number of rotatable bonds is 7. The predicted molar refractivity (Wildman–Crippen MR) is 106 cm³/mol. The summed E-state index contributed by atoms with van der Waals surface area (Å²) >= 11 is 0. The summed E-state index contributed by atoms with van der Waals surface area (Å²) in [5.41, 5.74) is 3.42. The zero-order chi connectivity index (χ0) is 17.5. The van der Waals surface area contributed by atoms with Crippen LogP contribution in [0.3, 0.4) is 0 Å². The highest BCUT2D eigenvalue weighted by atomic mass is 28.3. The minimum Gasteiger partial charge on any atom is -0.388 e. The van der Waals surface area contributed by atoms with Crippen LogP contribution in [0.25, 0.3) is 5.57 Å². The van der Waals surface area contributed by atoms with Gasteiger partial charge in [0.05, 0.1) is 13.2 Å². The Morgan fingerprint density at radius 2 is 1.68 bits per heavy atom. The molecule has 0 aliphatic carbocycles. The van der Waals surface area contributed by atoms with Gasteiger partial charge in [-0.15, -0.1) is 0 Å². The topological polar surface area (TPSA) is 21.7 Å². The molecule has 1 saturated heterocycles. The molecule has 131 valence electrons. The molecule has 1 radical (unpaired) electrons. The molecule has 2 aromatic carbocycles. The van der Waals surface area contributed by atoms with Crippen LogP contribution in [-0.2, 0) is 9.47 Å². The number of ether oxygens (including phenoxy) is 2. The van der Waals surface area contributed by atoms with Gasteiger partial charge in [0.25, 0.3) is 0 Å². The van der Waals surface area contributed by atoms with Crippen molar-refractivity contribution >= 4 is 19.6 Å². The van der Waals surface area contributed by atoms with Gasteiger partial charge in [0, 0.05) is 26.4 Å². The summed E-state index contributed by atoms with van der Waals surface area (Å²) in [4.78, 5) is 2.51. The van der Waals surface area contributed by atoms with Crippen LogP contribution in [0, 0.1) is 0 Å². The van der Waals surface area contributed by atoms with Crippen molar-refractivity contribution in [1.29, 1.82) is 0 Å². The van der Waals surface area contributed by atoms with Crippen molar-refractivity contribution in [3.8, 4) is 0 Å². The molecule has 0 aromatic heterocycles. The van der Waals surface area contributed by atoms with Gasteiger partial charge in [-0.05, 0) is 22.9 Å². The Hall–Kier alpha value is -1.72. The average molecular weight is 353 g/mol. The molecule has 1 aliphatic rings. The Kier molecular flexibility index (Phi) is 6.59. The maximum Gasteiger partial charge on any atom is 0.132 e. The van der Waals surface area contributed by atoms with E-state index in [2.05, 4.69) is 60.0 Å². The first-order valence-electron chi connectivity index (χ1n) is 8.77. The van der Waals surface area contributed by atoms with Crippen LogP contribution in [0.2, 0.25) is 0 Å². The molecule has 0 saturated carbocycles. The van der Waals surface area contributed by atoms with E-state index in [9.17, 15) is 0 Å². The summed E-state index contributed by atoms with van der Waals surface area (Å²) < 4.78 is 11.0. The number of morpholine rings is 1. The molecule has 3 nitrogen and oxygen atoms in total. The van der Waals surface area contributed by atoms with Gasteiger partial charge in [0.15, 0.2) is 0 Å². The highest BCUT2D eigenvalue weighted by Gasteiger charge is 2.20. The van der Waals surface area contributed by atoms with Crippen molar-refractivity contribution in [2.75, 3.05) is 45.8 Å². The lowest BCUT2D eigenvalue weighted by molar-refractivity contribution is 0.0456. The molecule has 2 aromatic rings. The fraction of sp³-hybridized carbons (Fsp3) is 0.333. The van der Waals surface area contributed by atoms with Gasteiger partial charge >= 0.3 is 0 Å². The second-order valence-electron chi connectivity index (χ2n) is 6.35. The fourth-order valence-corrected chi connectivity index (χ4v) is 5.42. The Morgan fingerprint density at radius 3 is 2.32 bits per heavy atom. The summed E-state index contributed by atoms with van der Waals surface area (Å²) in [6.45, 7) is 8.01. The molecule has 0 bridgehead atoms. The average Bonchev–Trinajstić information content (AvgIpc) is 2.69. The normalized spacial score (nSPS) is 15.4. The lowest BCUT2D eigenvalue weighted by atomic mass is 10.00. The highest BCUT2D eigenvalue weighted by molar-refractivity contribution is 6.73. The Labute approximate surface area is 152 Å². The van der Waals surface area contributed by atoms with E-state index in [-0.39, 0.29) is 0 Å². The zero-order valence-corrected chi connectivity index (χ0v) is 15.9. The van der Waals surface area contributed by atoms with Gasteiger partial charge in [0.2, 0.25) is 0 Å². The van der Waals surface area contributed by atoms with Crippen LogP contribution in [0.5, 0.6) is 0 Å². The zero-order valence-electron chi connectivity index (χ0n) is 14.9. The Balaban J connectivity index is 1.71. The van der Waals surface area contributed by atoms with Crippen LogP contribution in [0.15, 0.2) is 61.2 Å². The van der Waals surface area contributed by atoms with E-state index in [1.54, 1.807) is 7.11 Å². The molecule has 1 heterocycles. The minimum atomic E-state index is -0.759. The summed E-state index contributed by atoms with van der Waals surface area (Å²) in [7, 11) is 1.04. The van der Waals surface area contributed by atoms with E-state index in [1.165, 1.54) is 16.3 Å². The van der Waals surface area contributed by atoms with Crippen LogP contribution in [0.4, 0.5) is 0 Å². The van der Waals surface area contributed by atoms with Gasteiger partial charge in [-0.3, -0.25) is 0 Å². The molecule has 25 heavy (non-hydrogen) atoms. The first-order chi connectivity index (χ1) is 12.3. The molecule has 0 unspecified atom stereocenters. The fourth-order valence-electron chi connectivity index (χ4n) is 3.14. The summed E-state index contributed by atoms with van der Waals surface area (Å²) in [6.07, 6.45) is 1.95. The third-order valence-corrected chi connectivity index (χ3v) is 7.22. The van der Waals surface area contributed by atoms with Crippen molar-refractivity contribution in [2.24, 2.45) is 0 Å². The maximum absolute atomic E-state index is 5.52. The van der Waals surface area contributed by atoms with Gasteiger partial charge in [-0.2, -0.15) is 0 Å². The number of methoxy groups -OCH3 is 1. The van der Waals surface area contributed by atoms with Crippen molar-refractivity contribution in [2.45, 2.75) is 0 Å². The van der Waals surface area contributed by atoms with Gasteiger partial charge in [-0.25, -0.2) is 0 Å². The number of benzene rings is 2. The monoisotopic (exact) mass is 352 g/mol. The molecule has 4 heteroatoms. The summed E-state index contributed by atoms with van der Waals surface area (Å²) in [5.74, 6) is 0. The standard InChI is InChI=1S/C21H26NO2Si/c1-18(19-6-4-3-5-7-19)20-8-10-21(11-9-20)25(17-23-2)16-22-12-14-24-15-13-22/h3-11H,1,12-17H2,2H3. The third-order valence-electron chi connectivity index (χ3n) is 4.60. The Morgan fingerprint density at radius 1 is 1.04 bits per heavy atom. The van der Waals surface area contributed by atoms with Crippen molar-refractivity contribution in [3.05, 3.63) is 72.3 Å². The van der Waals surface area contributed by atoms with E-state index >= 15 is 0 Å². The first-order valence-corrected chi connectivity index (χ1v) is 10.7. The number of hydrogen-bond acceptors (Lipinski definition) is 3. The molecule has 1 aliphatic heterocycles. The molecule has 0 spiro atoms. The quantitative estimate of drug-likeness (QED) is 0.715. The van der Waals surface area contributed by atoms with E-state index in [0.717, 1.165) is 44.3 Å². The van der Waals surface area contributed by atoms with Gasteiger partial charge in [-0.1, -0.05) is 66.4 Å². The van der Waals surface area contributed by atoms with Crippen LogP contribution in [-0.4, -0.2) is 59.5 Å². The molecule has 0 amide bonds. The van der Waals surface area contributed by atoms with Crippen molar-refractivity contribution in [1.82, 2.24) is 4.90 Å². The van der Waals surface area contributed by atoms with Gasteiger partial charge in [0.1, 0.15) is 8.80 Å². The maximum atomic E-state index is 5.52. The molecular weight excluding hydrogens is 326 g/mol. The third kappa shape index (κ3) is 4.89. The summed E-state index contributed by atoms with van der Waals surface area (Å²) in [6, 6.07) is 19.3. The van der Waals surface area contributed by atoms with Crippen LogP contribution < -0.4 is 5.19 Å². The largest absolute Gasteiger partial charge is 0.388 e. The molecular formula is C21H26NO2Si. The Bertz CT molecular complexity index is 666. The SMILES string of the molecule is C=C(c1ccccc1)c1ccc([Si](COC)CN2CCOCC2)cc1. The van der Waals surface area contributed by atoms with E-state index in [4.69, 9.17) is 9.47 Å². The van der Waals surface area contributed by atoms with E-state index in [1.807, 2.05) is 6.07 Å². The van der Waals surface area contributed by atoms with E-state index < -0.39 is 8.80 Å². The molecule has 1 fully saturated rings. The molecule has 0 N–H and O–H groups in total. The molecule has 0 atom stereocenters. The summed E-state index contributed by atoms with van der Waals surface area (Å²) in [5, 5.41) is 1.42. The first kappa shape index (κ1) is 18.1. The van der Waals surface area contributed by atoms with Crippen molar-refractivity contribution < 1.29 is 9.47 Å². The van der Waals surface area contributed by atoms with Crippen LogP contribution >= 0.6 is 0 Å². The highest BCUT2D eigenvalue weighted by Crippen LogP contribution is 2.20. The second kappa shape index (κ2) is 9.11. The lowest BCUT2D eigenvalue weighted by Gasteiger charge is -2.29. The molecule has 3 rings (SSSR count). The minimum absolute atomic E-state index is 0.759. The lowest BCUT2D eigenvalue weighted by Crippen LogP contribution is -2.49. The predicted octanol–water partition coefficient (Wildman–Crippen LogP) is 2.51. The van der Waals surface area contributed by atoms with Gasteiger partial charge < -0.3 is 14.4 Å². The second-order valence-corrected chi connectivity index (χ2v) is 8.74. The van der Waals surface area contributed by atoms with Crippen LogP contribution in [0.1, 0.15) is 11.1 Å². The van der Waals surface area contributed by atoms with Crippen molar-refractivity contribution in [3.63, 3.8) is 0 Å². The van der Waals surface area contributed by atoms with E-state index in [0.29, 0.717) is 0 Å². The smallest absolute Gasteiger partial charge is 0.132 e.